The van der Waals surface area contributed by atoms with E-state index in [1.54, 1.807) is 18.3 Å². The molecule has 4 N–H and O–H groups in total. The number of amides is 1. The fraction of sp³-hybridized carbons (Fsp3) is 0. The molecule has 0 spiro atoms. The second-order valence-electron chi connectivity index (χ2n) is 3.17. The number of nitrogens with two attached hydrogens (primary N) is 1. The number of nitrogen functional groups attached to an aromatic ring is 1. The zero-order chi connectivity index (χ0) is 11.5. The summed E-state index contributed by atoms with van der Waals surface area (Å²) in [5.41, 5.74) is 6.99. The molecule has 0 radical (unpaired) electrons. The molecule has 0 aliphatic heterocycles. The summed E-state index contributed by atoms with van der Waals surface area (Å²) in [6.07, 6.45) is 3.08. The van der Waals surface area contributed by atoms with Crippen molar-refractivity contribution in [2.75, 3.05) is 11.1 Å². The Morgan fingerprint density at radius 2 is 2.31 bits per heavy atom. The SMILES string of the molecule is Nc1cc(Cl)ccc1C(=O)Nc1cn[nH]c1. The van der Waals surface area contributed by atoms with Crippen molar-refractivity contribution in [2.24, 2.45) is 0 Å². The average molecular weight is 237 g/mol. The maximum atomic E-state index is 11.8. The van der Waals surface area contributed by atoms with Crippen molar-refractivity contribution in [3.05, 3.63) is 41.2 Å². The van der Waals surface area contributed by atoms with Gasteiger partial charge in [0.15, 0.2) is 0 Å². The van der Waals surface area contributed by atoms with Gasteiger partial charge < -0.3 is 11.1 Å². The van der Waals surface area contributed by atoms with Crippen LogP contribution >= 0.6 is 11.6 Å². The van der Waals surface area contributed by atoms with Gasteiger partial charge in [-0.15, -0.1) is 0 Å². The number of nitrogens with one attached hydrogen (secondary N) is 2. The van der Waals surface area contributed by atoms with Crippen molar-refractivity contribution in [3.8, 4) is 0 Å². The van der Waals surface area contributed by atoms with Gasteiger partial charge in [0.25, 0.3) is 5.91 Å². The summed E-state index contributed by atoms with van der Waals surface area (Å²) < 4.78 is 0. The number of nitrogens with zero attached hydrogens (tertiary/aromatic N) is 1. The van der Waals surface area contributed by atoms with Crippen LogP contribution in [0.5, 0.6) is 0 Å². The van der Waals surface area contributed by atoms with Gasteiger partial charge in [-0.05, 0) is 18.2 Å². The lowest BCUT2D eigenvalue weighted by molar-refractivity contribution is 0.102. The number of halogens is 1. The first-order valence-corrected chi connectivity index (χ1v) is 4.90. The number of carbonyl (C=O) groups excluding carboxylic acids is 1. The highest BCUT2D eigenvalue weighted by molar-refractivity contribution is 6.31. The smallest absolute Gasteiger partial charge is 0.257 e. The number of rotatable bonds is 2. The first-order valence-electron chi connectivity index (χ1n) is 4.52. The van der Waals surface area contributed by atoms with E-state index >= 15 is 0 Å². The second kappa shape index (κ2) is 4.24. The highest BCUT2D eigenvalue weighted by atomic mass is 35.5. The Hall–Kier alpha value is -2.01. The zero-order valence-electron chi connectivity index (χ0n) is 8.20. The van der Waals surface area contributed by atoms with Crippen LogP contribution in [-0.4, -0.2) is 16.1 Å². The van der Waals surface area contributed by atoms with E-state index in [0.717, 1.165) is 0 Å². The van der Waals surface area contributed by atoms with Gasteiger partial charge in [0, 0.05) is 16.9 Å². The van der Waals surface area contributed by atoms with Gasteiger partial charge in [-0.2, -0.15) is 5.10 Å². The van der Waals surface area contributed by atoms with Crippen LogP contribution in [-0.2, 0) is 0 Å². The molecule has 5 nitrogen and oxygen atoms in total. The Morgan fingerprint density at radius 1 is 1.50 bits per heavy atom. The molecule has 0 atom stereocenters. The van der Waals surface area contributed by atoms with Crippen molar-refractivity contribution in [1.82, 2.24) is 10.2 Å². The minimum absolute atomic E-state index is 0.296. The van der Waals surface area contributed by atoms with E-state index in [0.29, 0.717) is 22.0 Å². The lowest BCUT2D eigenvalue weighted by Crippen LogP contribution is -2.13. The summed E-state index contributed by atoms with van der Waals surface area (Å²) in [5, 5.41) is 9.45. The van der Waals surface area contributed by atoms with E-state index in [-0.39, 0.29) is 5.91 Å². The van der Waals surface area contributed by atoms with Crippen LogP contribution in [0.2, 0.25) is 5.02 Å². The predicted molar refractivity (Wildman–Crippen MR) is 62.4 cm³/mol. The third-order valence-electron chi connectivity index (χ3n) is 2.01. The normalized spacial score (nSPS) is 10.1. The molecule has 0 fully saturated rings. The number of hydrogen-bond acceptors (Lipinski definition) is 3. The summed E-state index contributed by atoms with van der Waals surface area (Å²) >= 11 is 5.74. The van der Waals surface area contributed by atoms with Crippen LogP contribution in [0.25, 0.3) is 0 Å². The molecule has 2 aromatic rings. The fourth-order valence-corrected chi connectivity index (χ4v) is 1.44. The number of carbonyl (C=O) groups is 1. The van der Waals surface area contributed by atoms with Crippen LogP contribution in [0.3, 0.4) is 0 Å². The van der Waals surface area contributed by atoms with Crippen LogP contribution < -0.4 is 11.1 Å². The van der Waals surface area contributed by atoms with E-state index in [4.69, 9.17) is 17.3 Å². The number of hydrogen-bond donors (Lipinski definition) is 3. The summed E-state index contributed by atoms with van der Waals surface area (Å²) in [4.78, 5) is 11.8. The third kappa shape index (κ3) is 2.14. The maximum absolute atomic E-state index is 11.8. The molecule has 0 bridgehead atoms. The Labute approximate surface area is 96.6 Å². The standard InChI is InChI=1S/C10H9ClN4O/c11-6-1-2-8(9(12)3-6)10(16)15-7-4-13-14-5-7/h1-5H,12H2,(H,13,14)(H,15,16). The number of benzene rings is 1. The molecule has 0 aliphatic carbocycles. The zero-order valence-corrected chi connectivity index (χ0v) is 8.95. The van der Waals surface area contributed by atoms with Gasteiger partial charge in [-0.1, -0.05) is 11.6 Å². The summed E-state index contributed by atoms with van der Waals surface area (Å²) in [6.45, 7) is 0. The van der Waals surface area contributed by atoms with E-state index in [1.165, 1.54) is 12.3 Å². The van der Waals surface area contributed by atoms with Crippen molar-refractivity contribution in [2.45, 2.75) is 0 Å². The molecule has 6 heteroatoms. The molecule has 82 valence electrons. The molecule has 16 heavy (non-hydrogen) atoms. The second-order valence-corrected chi connectivity index (χ2v) is 3.61. The average Bonchev–Trinajstić information content (AvgIpc) is 2.70. The molecule has 0 saturated carbocycles. The van der Waals surface area contributed by atoms with Gasteiger partial charge >= 0.3 is 0 Å². The quantitative estimate of drug-likeness (QED) is 0.697. The summed E-state index contributed by atoms with van der Waals surface area (Å²) in [5.74, 6) is -0.296. The topological polar surface area (TPSA) is 83.8 Å². The van der Waals surface area contributed by atoms with Gasteiger partial charge in [0.05, 0.1) is 17.4 Å². The van der Waals surface area contributed by atoms with Crippen LogP contribution in [0.1, 0.15) is 10.4 Å². The van der Waals surface area contributed by atoms with E-state index in [1.807, 2.05) is 0 Å². The van der Waals surface area contributed by atoms with Crippen LogP contribution in [0.15, 0.2) is 30.6 Å². The number of H-pyrrole nitrogens is 1. The van der Waals surface area contributed by atoms with Gasteiger partial charge in [0.2, 0.25) is 0 Å². The molecular formula is C10H9ClN4O. The minimum Gasteiger partial charge on any atom is -0.398 e. The van der Waals surface area contributed by atoms with Crippen molar-refractivity contribution >= 4 is 28.9 Å². The molecule has 1 amide bonds. The number of aromatic nitrogens is 2. The van der Waals surface area contributed by atoms with Crippen LogP contribution in [0, 0.1) is 0 Å². The lowest BCUT2D eigenvalue weighted by atomic mass is 10.1. The molecule has 0 saturated heterocycles. The number of anilines is 2. The highest BCUT2D eigenvalue weighted by Crippen LogP contribution is 2.19. The van der Waals surface area contributed by atoms with Gasteiger partial charge in [0.1, 0.15) is 0 Å². The molecular weight excluding hydrogens is 228 g/mol. The predicted octanol–water partition coefficient (Wildman–Crippen LogP) is 1.90. The molecule has 1 aromatic carbocycles. The Bertz CT molecular complexity index is 510. The van der Waals surface area contributed by atoms with Gasteiger partial charge in [-0.3, -0.25) is 9.89 Å². The molecule has 1 aromatic heterocycles. The van der Waals surface area contributed by atoms with Crippen molar-refractivity contribution in [3.63, 3.8) is 0 Å². The monoisotopic (exact) mass is 236 g/mol. The van der Waals surface area contributed by atoms with E-state index < -0.39 is 0 Å². The highest BCUT2D eigenvalue weighted by Gasteiger charge is 2.10. The lowest BCUT2D eigenvalue weighted by Gasteiger charge is -2.05. The third-order valence-corrected chi connectivity index (χ3v) is 2.25. The van der Waals surface area contributed by atoms with Crippen molar-refractivity contribution in [1.29, 1.82) is 0 Å². The minimum atomic E-state index is -0.296. The summed E-state index contributed by atoms with van der Waals surface area (Å²) in [7, 11) is 0. The molecule has 0 unspecified atom stereocenters. The Balaban J connectivity index is 2.21. The van der Waals surface area contributed by atoms with Gasteiger partial charge in [-0.25, -0.2) is 0 Å². The number of aromatic amines is 1. The molecule has 1 heterocycles. The van der Waals surface area contributed by atoms with E-state index in [9.17, 15) is 4.79 Å². The summed E-state index contributed by atoms with van der Waals surface area (Å²) in [6, 6.07) is 4.72. The Kier molecular flexibility index (Phi) is 2.78. The largest absolute Gasteiger partial charge is 0.398 e. The maximum Gasteiger partial charge on any atom is 0.257 e. The van der Waals surface area contributed by atoms with Crippen LogP contribution in [0.4, 0.5) is 11.4 Å². The Morgan fingerprint density at radius 3 is 2.94 bits per heavy atom. The molecule has 0 aliphatic rings. The fourth-order valence-electron chi connectivity index (χ4n) is 1.26. The molecule has 2 rings (SSSR count). The first kappa shape index (κ1) is 10.5. The van der Waals surface area contributed by atoms with E-state index in [2.05, 4.69) is 15.5 Å². The van der Waals surface area contributed by atoms with Crippen molar-refractivity contribution < 1.29 is 4.79 Å². The first-order chi connectivity index (χ1) is 7.66.